The molecule has 14 heteroatoms. The van der Waals surface area contributed by atoms with Crippen LogP contribution in [0.1, 0.15) is 18.4 Å². The van der Waals surface area contributed by atoms with Crippen molar-refractivity contribution >= 4 is 44.9 Å². The lowest BCUT2D eigenvalue weighted by Crippen LogP contribution is -2.47. The maximum absolute atomic E-state index is 11.6. The fraction of sp³-hybridized carbons (Fsp3) is 0.469. The number of piperidine rings is 1. The number of urea groups is 1. The Morgan fingerprint density at radius 3 is 2.33 bits per heavy atom. The lowest BCUT2D eigenvalue weighted by molar-refractivity contribution is 0.175. The zero-order chi connectivity index (χ0) is 32.7. The number of anilines is 1. The first-order valence-electron chi connectivity index (χ1n) is 15.5. The first kappa shape index (κ1) is 34.2. The number of ether oxygens (including phenoxy) is 1. The van der Waals surface area contributed by atoms with Crippen molar-refractivity contribution in [2.75, 3.05) is 76.3 Å². The van der Waals surface area contributed by atoms with E-state index in [2.05, 4.69) is 30.3 Å². The summed E-state index contributed by atoms with van der Waals surface area (Å²) in [4.78, 5) is 27.8. The second-order valence-electron chi connectivity index (χ2n) is 11.9. The number of piperazine rings is 1. The Labute approximate surface area is 281 Å². The minimum atomic E-state index is -2.97. The predicted molar refractivity (Wildman–Crippen MR) is 183 cm³/mol. The second kappa shape index (κ2) is 15.6. The van der Waals surface area contributed by atoms with Crippen LogP contribution in [0.3, 0.4) is 0 Å². The summed E-state index contributed by atoms with van der Waals surface area (Å²) in [5.74, 6) is 2.49. The number of likely N-dealkylation sites (tertiary alicyclic amines) is 1. The van der Waals surface area contributed by atoms with Crippen LogP contribution in [-0.4, -0.2) is 106 Å². The van der Waals surface area contributed by atoms with E-state index in [1.165, 1.54) is 6.26 Å². The van der Waals surface area contributed by atoms with Gasteiger partial charge in [-0.15, -0.1) is 0 Å². The minimum Gasteiger partial charge on any atom is -0.437 e. The molecule has 248 valence electrons. The quantitative estimate of drug-likeness (QED) is 0.299. The summed E-state index contributed by atoms with van der Waals surface area (Å²) in [5.41, 5.74) is 2.56. The van der Waals surface area contributed by atoms with Gasteiger partial charge in [-0.25, -0.2) is 23.2 Å². The van der Waals surface area contributed by atoms with Crippen LogP contribution in [0.15, 0.2) is 48.7 Å². The third kappa shape index (κ3) is 10.2. The van der Waals surface area contributed by atoms with Crippen molar-refractivity contribution < 1.29 is 17.9 Å². The largest absolute Gasteiger partial charge is 0.437 e. The molecule has 2 aromatic heterocycles. The van der Waals surface area contributed by atoms with Crippen molar-refractivity contribution in [1.82, 2.24) is 30.4 Å². The number of amides is 2. The van der Waals surface area contributed by atoms with Gasteiger partial charge in [0.25, 0.3) is 0 Å². The van der Waals surface area contributed by atoms with Gasteiger partial charge < -0.3 is 20.3 Å². The molecule has 3 aromatic rings. The van der Waals surface area contributed by atoms with E-state index in [1.54, 1.807) is 19.3 Å². The molecular formula is C32H41Cl2N7O4S. The summed E-state index contributed by atoms with van der Waals surface area (Å²) < 4.78 is 29.3. The van der Waals surface area contributed by atoms with Crippen molar-refractivity contribution in [2.45, 2.75) is 19.4 Å². The third-order valence-electron chi connectivity index (χ3n) is 8.33. The van der Waals surface area contributed by atoms with Gasteiger partial charge in [0.05, 0.1) is 17.6 Å². The highest BCUT2D eigenvalue weighted by atomic mass is 35.5. The normalized spacial score (nSPS) is 16.7. The number of hydrogen-bond donors (Lipinski definition) is 2. The Kier molecular flexibility index (Phi) is 11.6. The number of sulfone groups is 1. The smallest absolute Gasteiger partial charge is 0.314 e. The number of carbonyl (C=O) groups excluding carboxylic acids is 1. The summed E-state index contributed by atoms with van der Waals surface area (Å²) >= 11 is 12.7. The zero-order valence-electron chi connectivity index (χ0n) is 26.2. The summed E-state index contributed by atoms with van der Waals surface area (Å²) in [6.07, 6.45) is 4.98. The van der Waals surface area contributed by atoms with E-state index in [-0.39, 0.29) is 11.8 Å². The van der Waals surface area contributed by atoms with Crippen LogP contribution < -0.4 is 20.3 Å². The molecule has 2 N–H and O–H groups in total. The molecule has 46 heavy (non-hydrogen) atoms. The van der Waals surface area contributed by atoms with Gasteiger partial charge in [-0.05, 0) is 73.8 Å². The number of aromatic nitrogens is 2. The van der Waals surface area contributed by atoms with Gasteiger partial charge in [0, 0.05) is 80.8 Å². The Balaban J connectivity index is 1.25. The van der Waals surface area contributed by atoms with Gasteiger partial charge in [-0.3, -0.25) is 9.80 Å². The Morgan fingerprint density at radius 1 is 0.978 bits per heavy atom. The van der Waals surface area contributed by atoms with E-state index in [0.29, 0.717) is 46.4 Å². The number of halogens is 2. The number of carbonyl (C=O) groups is 1. The molecule has 0 radical (unpaired) electrons. The molecule has 2 fully saturated rings. The molecule has 0 unspecified atom stereocenters. The Morgan fingerprint density at radius 2 is 1.70 bits per heavy atom. The van der Waals surface area contributed by atoms with Gasteiger partial charge in [0.1, 0.15) is 21.4 Å². The van der Waals surface area contributed by atoms with Crippen LogP contribution in [0.25, 0.3) is 11.3 Å². The molecule has 0 bridgehead atoms. The molecule has 4 heterocycles. The number of nitrogens with one attached hydrogen (secondary N) is 2. The number of pyridine rings is 2. The second-order valence-corrected chi connectivity index (χ2v) is 15.1. The molecule has 2 aliphatic heterocycles. The molecule has 0 aliphatic carbocycles. The van der Waals surface area contributed by atoms with Crippen molar-refractivity contribution in [3.63, 3.8) is 0 Å². The van der Waals surface area contributed by atoms with Crippen LogP contribution in [0.5, 0.6) is 11.6 Å². The molecule has 0 spiro atoms. The van der Waals surface area contributed by atoms with E-state index in [4.69, 9.17) is 32.9 Å². The highest BCUT2D eigenvalue weighted by Gasteiger charge is 2.22. The van der Waals surface area contributed by atoms with E-state index in [1.807, 2.05) is 36.4 Å². The molecule has 5 rings (SSSR count). The maximum atomic E-state index is 11.6. The topological polar surface area (TPSA) is 120 Å². The van der Waals surface area contributed by atoms with Crippen LogP contribution in [0.4, 0.5) is 10.6 Å². The molecule has 0 saturated carbocycles. The predicted octanol–water partition coefficient (Wildman–Crippen LogP) is 4.55. The molecule has 2 amide bonds. The lowest BCUT2D eigenvalue weighted by atomic mass is 9.96. The fourth-order valence-electron chi connectivity index (χ4n) is 5.72. The van der Waals surface area contributed by atoms with E-state index in [9.17, 15) is 13.2 Å². The summed E-state index contributed by atoms with van der Waals surface area (Å²) in [6, 6.07) is 13.1. The zero-order valence-corrected chi connectivity index (χ0v) is 28.5. The standard InChI is InChI=1S/C32H41Cl2N7O4S/c1-35-32(42)37-20-23-5-7-40(8-6-23)22-24-15-29(25-17-26(33)19-27(34)18-25)38-31(16-24)45-28-3-4-30(36-21-28)41-11-9-39(10-12-41)13-14-46(2,43)44/h3-4,15-19,21,23H,5-14,20,22H2,1-2H3,(H2,35,37,42). The van der Waals surface area contributed by atoms with Crippen LogP contribution in [0, 0.1) is 5.92 Å². The molecule has 11 nitrogen and oxygen atoms in total. The summed E-state index contributed by atoms with van der Waals surface area (Å²) in [7, 11) is -1.35. The van der Waals surface area contributed by atoms with Crippen LogP contribution >= 0.6 is 23.2 Å². The Hall–Kier alpha value is -3.16. The third-order valence-corrected chi connectivity index (χ3v) is 9.69. The summed E-state index contributed by atoms with van der Waals surface area (Å²) in [6.45, 7) is 6.92. The van der Waals surface area contributed by atoms with Crippen LogP contribution in [0.2, 0.25) is 10.0 Å². The number of benzene rings is 1. The van der Waals surface area contributed by atoms with Crippen LogP contribution in [-0.2, 0) is 16.4 Å². The number of hydrogen-bond acceptors (Lipinski definition) is 9. The number of rotatable bonds is 11. The monoisotopic (exact) mass is 689 g/mol. The van der Waals surface area contributed by atoms with Crippen molar-refractivity contribution in [3.05, 3.63) is 64.3 Å². The van der Waals surface area contributed by atoms with Gasteiger partial charge in [-0.2, -0.15) is 0 Å². The minimum absolute atomic E-state index is 0.146. The molecule has 2 aliphatic rings. The van der Waals surface area contributed by atoms with Gasteiger partial charge in [-0.1, -0.05) is 23.2 Å². The van der Waals surface area contributed by atoms with Gasteiger partial charge >= 0.3 is 6.03 Å². The summed E-state index contributed by atoms with van der Waals surface area (Å²) in [5, 5.41) is 6.58. The van der Waals surface area contributed by atoms with E-state index < -0.39 is 9.84 Å². The average Bonchev–Trinajstić information content (AvgIpc) is 3.03. The highest BCUT2D eigenvalue weighted by Crippen LogP contribution is 2.31. The maximum Gasteiger partial charge on any atom is 0.314 e. The van der Waals surface area contributed by atoms with Gasteiger partial charge in [0.15, 0.2) is 0 Å². The van der Waals surface area contributed by atoms with Crippen molar-refractivity contribution in [2.24, 2.45) is 5.92 Å². The number of nitrogens with zero attached hydrogens (tertiary/aromatic N) is 5. The van der Waals surface area contributed by atoms with Crippen molar-refractivity contribution in [1.29, 1.82) is 0 Å². The lowest BCUT2D eigenvalue weighted by Gasteiger charge is -2.35. The molecule has 2 saturated heterocycles. The average molecular weight is 691 g/mol. The van der Waals surface area contributed by atoms with Crippen molar-refractivity contribution in [3.8, 4) is 22.9 Å². The molecule has 0 atom stereocenters. The first-order valence-corrected chi connectivity index (χ1v) is 18.3. The van der Waals surface area contributed by atoms with Gasteiger partial charge in [0.2, 0.25) is 5.88 Å². The Bertz CT molecular complexity index is 1570. The van der Waals surface area contributed by atoms with E-state index >= 15 is 0 Å². The molecule has 1 aromatic carbocycles. The first-order chi connectivity index (χ1) is 22.0. The SMILES string of the molecule is CNC(=O)NCC1CCN(Cc2cc(Oc3ccc(N4CCN(CCS(C)(=O)=O)CC4)nc3)nc(-c3cc(Cl)cc(Cl)c3)c2)CC1. The van der Waals surface area contributed by atoms with E-state index in [0.717, 1.165) is 75.6 Å². The molecular weight excluding hydrogens is 649 g/mol. The fourth-order valence-corrected chi connectivity index (χ4v) is 6.84. The highest BCUT2D eigenvalue weighted by molar-refractivity contribution is 7.90.